The van der Waals surface area contributed by atoms with Crippen LogP contribution < -0.4 is 0 Å². The molecular weight excluding hydrogens is 631 g/mol. The average Bonchev–Trinajstić information content (AvgIpc) is 3.57. The Morgan fingerprint density at radius 1 is 0.844 bits per heavy atom. The van der Waals surface area contributed by atoms with Crippen molar-refractivity contribution in [2.45, 2.75) is 54.1 Å². The van der Waals surface area contributed by atoms with Crippen LogP contribution in [0.4, 0.5) is 0 Å². The fraction of sp³-hybridized carbons (Fsp3) is 0.342. The molecule has 4 aromatic carbocycles. The molecule has 1 saturated carbocycles. The van der Waals surface area contributed by atoms with Crippen LogP contribution in [0, 0.1) is 11.3 Å². The van der Waals surface area contributed by atoms with Crippen LogP contribution in [0.1, 0.15) is 32.6 Å². The van der Waals surface area contributed by atoms with Gasteiger partial charge in [0.05, 0.1) is 29.0 Å². The van der Waals surface area contributed by atoms with Gasteiger partial charge in [-0.1, -0.05) is 79.3 Å². The number of rotatable bonds is 12. The zero-order valence-electron chi connectivity index (χ0n) is 25.4. The maximum Gasteiger partial charge on any atom is 0.151 e. The Kier molecular flexibility index (Phi) is 8.67. The lowest BCUT2D eigenvalue weighted by Crippen LogP contribution is -2.33. The summed E-state index contributed by atoms with van der Waals surface area (Å²) in [5, 5.41) is 2.70. The molecule has 0 spiro atoms. The van der Waals surface area contributed by atoms with Crippen molar-refractivity contribution in [2.75, 3.05) is 24.7 Å². The number of nitrogens with zero attached hydrogens (tertiary/aromatic N) is 1. The van der Waals surface area contributed by atoms with Crippen molar-refractivity contribution in [1.82, 2.24) is 4.98 Å². The Hall–Kier alpha value is -2.39. The van der Waals surface area contributed by atoms with Gasteiger partial charge < -0.3 is 9.47 Å². The van der Waals surface area contributed by atoms with E-state index in [1.807, 2.05) is 46.2 Å². The van der Waals surface area contributed by atoms with Crippen molar-refractivity contribution < 1.29 is 9.47 Å². The summed E-state index contributed by atoms with van der Waals surface area (Å²) in [6.07, 6.45) is 5.70. The summed E-state index contributed by atoms with van der Waals surface area (Å²) in [6.45, 7) is 3.96. The molecule has 4 unspecified atom stereocenters. The van der Waals surface area contributed by atoms with E-state index in [9.17, 15) is 0 Å². The summed E-state index contributed by atoms with van der Waals surface area (Å²) >= 11 is 7.59. The molecule has 2 fully saturated rings. The second-order valence-corrected chi connectivity index (χ2v) is 16.9. The maximum atomic E-state index is 6.60. The number of thiophene rings is 1. The van der Waals surface area contributed by atoms with E-state index in [1.165, 1.54) is 60.2 Å². The van der Waals surface area contributed by atoms with Crippen LogP contribution in [-0.2, 0) is 9.47 Å². The molecule has 0 bridgehead atoms. The zero-order valence-corrected chi connectivity index (χ0v) is 28.7. The number of aromatic nitrogens is 1. The molecule has 0 radical (unpaired) electrons. The molecule has 45 heavy (non-hydrogen) atoms. The molecule has 1 aliphatic heterocycles. The third-order valence-electron chi connectivity index (χ3n) is 9.49. The van der Waals surface area contributed by atoms with Gasteiger partial charge in [0.2, 0.25) is 0 Å². The van der Waals surface area contributed by atoms with Gasteiger partial charge in [-0.2, -0.15) is 0 Å². The van der Waals surface area contributed by atoms with Crippen LogP contribution in [0.25, 0.3) is 41.5 Å². The molecule has 1 saturated heterocycles. The van der Waals surface area contributed by atoms with Gasteiger partial charge >= 0.3 is 0 Å². The van der Waals surface area contributed by atoms with Crippen LogP contribution in [-0.4, -0.2) is 41.9 Å². The number of ether oxygens (including phenoxy) is 2. The highest BCUT2D eigenvalue weighted by Crippen LogP contribution is 2.43. The predicted octanol–water partition coefficient (Wildman–Crippen LogP) is 11.2. The second kappa shape index (κ2) is 13.0. The highest BCUT2D eigenvalue weighted by Gasteiger charge is 2.44. The summed E-state index contributed by atoms with van der Waals surface area (Å²) in [6, 6.07) is 33.1. The molecule has 3 heterocycles. The summed E-state index contributed by atoms with van der Waals surface area (Å²) in [7, 11) is 0. The first-order valence-electron chi connectivity index (χ1n) is 16.0. The third-order valence-corrected chi connectivity index (χ3v) is 14.6. The average molecular weight is 668 g/mol. The Balaban J connectivity index is 1.01. The quantitative estimate of drug-likeness (QED) is 0.0958. The highest BCUT2D eigenvalue weighted by molar-refractivity contribution is 8.01. The van der Waals surface area contributed by atoms with E-state index in [1.54, 1.807) is 0 Å². The zero-order chi connectivity index (χ0) is 30.2. The van der Waals surface area contributed by atoms with Gasteiger partial charge in [-0.3, -0.25) is 0 Å². The SMILES string of the molecule is CCC(COCC1CCC2OC2C1)(CSc1cccc(-c2cccc3c2sc2ccccc23)c1)CSc1nc2ccccc2s1. The molecule has 1 aliphatic carbocycles. The maximum absolute atomic E-state index is 6.60. The lowest BCUT2D eigenvalue weighted by Gasteiger charge is -2.33. The number of benzene rings is 4. The molecule has 6 aromatic rings. The van der Waals surface area contributed by atoms with E-state index in [4.69, 9.17) is 14.5 Å². The van der Waals surface area contributed by atoms with E-state index in [2.05, 4.69) is 97.9 Å². The number of hydrogen-bond donors (Lipinski definition) is 0. The van der Waals surface area contributed by atoms with Crippen molar-refractivity contribution >= 4 is 76.6 Å². The molecule has 4 atom stereocenters. The van der Waals surface area contributed by atoms with E-state index in [0.29, 0.717) is 18.1 Å². The van der Waals surface area contributed by atoms with E-state index < -0.39 is 0 Å². The lowest BCUT2D eigenvalue weighted by molar-refractivity contribution is 0.0360. The first kappa shape index (κ1) is 30.0. The minimum Gasteiger partial charge on any atom is -0.381 e. The monoisotopic (exact) mass is 667 g/mol. The number of fused-ring (bicyclic) bond motifs is 5. The molecule has 8 rings (SSSR count). The Bertz CT molecular complexity index is 1920. The number of thioether (sulfide) groups is 2. The standard InChI is InChI=1S/C38H37NO2S4/c1-2-38(22-40-21-25-17-18-32-33(19-25)41-32,24-43-37-39-31-14-4-6-16-35(31)45-37)23-42-27-10-7-9-26(20-27)28-12-8-13-30-29-11-3-5-15-34(29)44-36(28)30/h3-16,20,25,32-33H,2,17-19,21-24H2,1H3. The number of epoxide rings is 1. The van der Waals surface area contributed by atoms with Gasteiger partial charge in [-0.05, 0) is 73.1 Å². The molecule has 7 heteroatoms. The van der Waals surface area contributed by atoms with E-state index in [-0.39, 0.29) is 5.41 Å². The summed E-state index contributed by atoms with van der Waals surface area (Å²) in [4.78, 5) is 6.26. The van der Waals surface area contributed by atoms with Crippen LogP contribution in [0.15, 0.2) is 100 Å². The molecule has 2 aromatic heterocycles. The number of thiazole rings is 1. The molecule has 230 valence electrons. The largest absolute Gasteiger partial charge is 0.381 e. The van der Waals surface area contributed by atoms with Crippen LogP contribution in [0.5, 0.6) is 0 Å². The first-order valence-corrected chi connectivity index (χ1v) is 19.6. The predicted molar refractivity (Wildman–Crippen MR) is 195 cm³/mol. The Labute approximate surface area is 281 Å². The van der Waals surface area contributed by atoms with Crippen LogP contribution >= 0.6 is 46.2 Å². The first-order chi connectivity index (χ1) is 22.2. The van der Waals surface area contributed by atoms with Gasteiger partial charge in [0.15, 0.2) is 4.34 Å². The minimum atomic E-state index is 0.0436. The molecule has 0 amide bonds. The summed E-state index contributed by atoms with van der Waals surface area (Å²) in [5.41, 5.74) is 3.75. The normalized spacial score (nSPS) is 20.9. The Morgan fingerprint density at radius 2 is 1.67 bits per heavy atom. The van der Waals surface area contributed by atoms with Crippen LogP contribution in [0.2, 0.25) is 0 Å². The lowest BCUT2D eigenvalue weighted by atomic mass is 9.89. The highest BCUT2D eigenvalue weighted by atomic mass is 32.2. The van der Waals surface area contributed by atoms with Crippen molar-refractivity contribution in [3.8, 4) is 11.1 Å². The smallest absolute Gasteiger partial charge is 0.151 e. The van der Waals surface area contributed by atoms with Crippen molar-refractivity contribution in [2.24, 2.45) is 11.3 Å². The third kappa shape index (κ3) is 6.45. The minimum absolute atomic E-state index is 0.0436. The van der Waals surface area contributed by atoms with Crippen molar-refractivity contribution in [3.05, 3.63) is 91.0 Å². The van der Waals surface area contributed by atoms with E-state index >= 15 is 0 Å². The fourth-order valence-electron chi connectivity index (χ4n) is 6.60. The van der Waals surface area contributed by atoms with Gasteiger partial charge in [0, 0.05) is 48.6 Å². The van der Waals surface area contributed by atoms with Crippen LogP contribution in [0.3, 0.4) is 0 Å². The summed E-state index contributed by atoms with van der Waals surface area (Å²) < 4.78 is 17.5. The van der Waals surface area contributed by atoms with Gasteiger partial charge in [-0.15, -0.1) is 34.4 Å². The second-order valence-electron chi connectivity index (χ2n) is 12.6. The molecule has 0 N–H and O–H groups in total. The molecular formula is C38H37NO2S4. The number of para-hydroxylation sites is 1. The van der Waals surface area contributed by atoms with Gasteiger partial charge in [0.25, 0.3) is 0 Å². The van der Waals surface area contributed by atoms with Crippen molar-refractivity contribution in [3.63, 3.8) is 0 Å². The van der Waals surface area contributed by atoms with Gasteiger partial charge in [0.1, 0.15) is 0 Å². The number of hydrogen-bond acceptors (Lipinski definition) is 7. The Morgan fingerprint density at radius 3 is 2.56 bits per heavy atom. The summed E-state index contributed by atoms with van der Waals surface area (Å²) in [5.74, 6) is 2.63. The van der Waals surface area contributed by atoms with Crippen molar-refractivity contribution in [1.29, 1.82) is 0 Å². The van der Waals surface area contributed by atoms with Gasteiger partial charge in [-0.25, -0.2) is 4.98 Å². The molecule has 2 aliphatic rings. The fourth-order valence-corrected chi connectivity index (χ4v) is 11.6. The van der Waals surface area contributed by atoms with E-state index in [0.717, 1.165) is 41.0 Å². The topological polar surface area (TPSA) is 34.6 Å². The molecule has 3 nitrogen and oxygen atoms in total.